The van der Waals surface area contributed by atoms with Crippen LogP contribution in [0, 0.1) is 0 Å². The Morgan fingerprint density at radius 1 is 0.912 bits per heavy atom. The molecule has 3 rings (SSSR count). The maximum atomic E-state index is 12.4. The first-order chi connectivity index (χ1) is 16.6. The molecule has 0 aliphatic rings. The number of esters is 2. The Hall–Kier alpha value is -3.19. The summed E-state index contributed by atoms with van der Waals surface area (Å²) in [5, 5.41) is 0.772. The van der Waals surface area contributed by atoms with Gasteiger partial charge < -0.3 is 9.47 Å². The number of benzene rings is 2. The van der Waals surface area contributed by atoms with Crippen molar-refractivity contribution >= 4 is 23.7 Å². The molecule has 0 aliphatic carbocycles. The van der Waals surface area contributed by atoms with Crippen LogP contribution in [0.25, 0.3) is 11.1 Å². The van der Waals surface area contributed by atoms with Crippen molar-refractivity contribution in [3.05, 3.63) is 78.1 Å². The average molecular weight is 479 g/mol. The summed E-state index contributed by atoms with van der Waals surface area (Å²) in [4.78, 5) is 33.5. The van der Waals surface area contributed by atoms with Crippen molar-refractivity contribution in [2.24, 2.45) is 0 Å². The summed E-state index contributed by atoms with van der Waals surface area (Å²) in [7, 11) is 0. The molecule has 0 fully saturated rings. The smallest absolute Gasteiger partial charge is 0.347 e. The zero-order valence-electron chi connectivity index (χ0n) is 19.6. The molecule has 0 N–H and O–H groups in total. The van der Waals surface area contributed by atoms with E-state index in [0.717, 1.165) is 27.6 Å². The Bertz CT molecular complexity index is 1040. The standard InChI is InChI=1S/C27H30N2O4S/c1-3-4-5-9-16-34-27-28-17-24(18-29-27)22-12-14-23(15-13-22)26(31)33-20(2)25(30)32-19-21-10-7-6-8-11-21/h6-8,10-15,17-18,20H,3-5,9,16,19H2,1-2H3/t20-/m0/s1. The lowest BCUT2D eigenvalue weighted by molar-refractivity contribution is -0.154. The normalized spacial score (nSPS) is 11.6. The predicted molar refractivity (Wildman–Crippen MR) is 133 cm³/mol. The Balaban J connectivity index is 1.48. The van der Waals surface area contributed by atoms with Crippen LogP contribution < -0.4 is 0 Å². The van der Waals surface area contributed by atoms with Crippen molar-refractivity contribution in [3.63, 3.8) is 0 Å². The van der Waals surface area contributed by atoms with Gasteiger partial charge in [-0.15, -0.1) is 0 Å². The van der Waals surface area contributed by atoms with Crippen molar-refractivity contribution in [2.75, 3.05) is 5.75 Å². The molecule has 1 heterocycles. The minimum absolute atomic E-state index is 0.133. The van der Waals surface area contributed by atoms with Crippen LogP contribution in [0.4, 0.5) is 0 Å². The summed E-state index contributed by atoms with van der Waals surface area (Å²) >= 11 is 1.67. The first-order valence-electron chi connectivity index (χ1n) is 11.5. The van der Waals surface area contributed by atoms with Crippen molar-refractivity contribution in [2.45, 2.75) is 57.4 Å². The van der Waals surface area contributed by atoms with Gasteiger partial charge in [-0.3, -0.25) is 0 Å². The van der Waals surface area contributed by atoms with Gasteiger partial charge >= 0.3 is 11.9 Å². The predicted octanol–water partition coefficient (Wildman–Crippen LogP) is 6.10. The minimum atomic E-state index is -1.00. The fourth-order valence-corrected chi connectivity index (χ4v) is 3.94. The molecular formula is C27H30N2O4S. The van der Waals surface area contributed by atoms with Crippen LogP contribution in [0.3, 0.4) is 0 Å². The van der Waals surface area contributed by atoms with Crippen LogP contribution in [0.1, 0.15) is 55.5 Å². The van der Waals surface area contributed by atoms with Crippen molar-refractivity contribution in [1.82, 2.24) is 9.97 Å². The highest BCUT2D eigenvalue weighted by Crippen LogP contribution is 2.21. The second-order valence-electron chi connectivity index (χ2n) is 7.88. The number of aromatic nitrogens is 2. The van der Waals surface area contributed by atoms with Crippen molar-refractivity contribution in [3.8, 4) is 11.1 Å². The number of unbranched alkanes of at least 4 members (excludes halogenated alkanes) is 3. The summed E-state index contributed by atoms with van der Waals surface area (Å²) in [6, 6.07) is 16.3. The minimum Gasteiger partial charge on any atom is -0.458 e. The molecule has 7 heteroatoms. The lowest BCUT2D eigenvalue weighted by atomic mass is 10.1. The second kappa shape index (κ2) is 13.5. The maximum Gasteiger partial charge on any atom is 0.347 e. The highest BCUT2D eigenvalue weighted by Gasteiger charge is 2.20. The Morgan fingerprint density at radius 2 is 1.62 bits per heavy atom. The molecule has 0 unspecified atom stereocenters. The van der Waals surface area contributed by atoms with Crippen LogP contribution in [0.2, 0.25) is 0 Å². The van der Waals surface area contributed by atoms with Gasteiger partial charge in [0.05, 0.1) is 5.56 Å². The lowest BCUT2D eigenvalue weighted by Gasteiger charge is -2.13. The van der Waals surface area contributed by atoms with E-state index in [4.69, 9.17) is 9.47 Å². The van der Waals surface area contributed by atoms with Crippen LogP contribution in [0.15, 0.2) is 72.1 Å². The Labute approximate surface area is 205 Å². The summed E-state index contributed by atoms with van der Waals surface area (Å²) in [5.74, 6) is -0.148. The first kappa shape index (κ1) is 25.4. The van der Waals surface area contributed by atoms with E-state index in [-0.39, 0.29) is 6.61 Å². The highest BCUT2D eigenvalue weighted by atomic mass is 32.2. The molecule has 0 bridgehead atoms. The van der Waals surface area contributed by atoms with E-state index in [1.165, 1.54) is 32.6 Å². The molecule has 1 aromatic heterocycles. The van der Waals surface area contributed by atoms with E-state index in [2.05, 4.69) is 16.9 Å². The van der Waals surface area contributed by atoms with Gasteiger partial charge in [0.1, 0.15) is 6.61 Å². The van der Waals surface area contributed by atoms with Gasteiger partial charge in [0.25, 0.3) is 0 Å². The number of ether oxygens (including phenoxy) is 2. The quantitative estimate of drug-likeness (QED) is 0.135. The van der Waals surface area contributed by atoms with Crippen LogP contribution >= 0.6 is 11.8 Å². The summed E-state index contributed by atoms with van der Waals surface area (Å²) in [6.07, 6.45) is 7.48. The molecule has 3 aromatic rings. The molecule has 0 radical (unpaired) electrons. The third-order valence-corrected chi connectivity index (χ3v) is 6.11. The van der Waals surface area contributed by atoms with Gasteiger partial charge in [-0.2, -0.15) is 0 Å². The van der Waals surface area contributed by atoms with Gasteiger partial charge in [-0.1, -0.05) is 80.4 Å². The van der Waals surface area contributed by atoms with E-state index < -0.39 is 18.0 Å². The molecule has 0 aliphatic heterocycles. The number of hydrogen-bond acceptors (Lipinski definition) is 7. The monoisotopic (exact) mass is 478 g/mol. The van der Waals surface area contributed by atoms with E-state index >= 15 is 0 Å². The van der Waals surface area contributed by atoms with E-state index in [0.29, 0.717) is 5.56 Å². The molecule has 0 spiro atoms. The lowest BCUT2D eigenvalue weighted by Crippen LogP contribution is -2.26. The number of nitrogens with zero attached hydrogens (tertiary/aromatic N) is 2. The first-order valence-corrected chi connectivity index (χ1v) is 12.5. The van der Waals surface area contributed by atoms with Crippen LogP contribution in [-0.2, 0) is 20.9 Å². The van der Waals surface area contributed by atoms with Gasteiger partial charge in [0.2, 0.25) is 0 Å². The van der Waals surface area contributed by atoms with Gasteiger partial charge in [-0.05, 0) is 36.6 Å². The molecule has 0 saturated carbocycles. The fraction of sp³-hybridized carbons (Fsp3) is 0.333. The number of rotatable bonds is 12. The number of carbonyl (C=O) groups is 2. The third-order valence-electron chi connectivity index (χ3n) is 5.15. The van der Waals surface area contributed by atoms with E-state index in [1.807, 2.05) is 42.5 Å². The molecule has 0 saturated heterocycles. The van der Waals surface area contributed by atoms with Gasteiger partial charge in [0, 0.05) is 23.7 Å². The number of hydrogen-bond donors (Lipinski definition) is 0. The SMILES string of the molecule is CCCCCCSc1ncc(-c2ccc(C(=O)O[C@@H](C)C(=O)OCc3ccccc3)cc2)cn1. The summed E-state index contributed by atoms with van der Waals surface area (Å²) < 4.78 is 10.5. The second-order valence-corrected chi connectivity index (χ2v) is 8.94. The summed E-state index contributed by atoms with van der Waals surface area (Å²) in [5.41, 5.74) is 2.98. The fourth-order valence-electron chi connectivity index (χ4n) is 3.15. The van der Waals surface area contributed by atoms with Crippen molar-refractivity contribution in [1.29, 1.82) is 0 Å². The Morgan fingerprint density at radius 3 is 2.29 bits per heavy atom. The zero-order valence-corrected chi connectivity index (χ0v) is 20.4. The number of carbonyl (C=O) groups excluding carboxylic acids is 2. The maximum absolute atomic E-state index is 12.4. The summed E-state index contributed by atoms with van der Waals surface area (Å²) in [6.45, 7) is 3.84. The molecule has 178 valence electrons. The molecule has 2 aromatic carbocycles. The van der Waals surface area contributed by atoms with Gasteiger partial charge in [0.15, 0.2) is 11.3 Å². The van der Waals surface area contributed by atoms with Crippen LogP contribution in [-0.4, -0.2) is 33.8 Å². The van der Waals surface area contributed by atoms with E-state index in [9.17, 15) is 9.59 Å². The molecular weight excluding hydrogens is 448 g/mol. The Kier molecular flexibility index (Phi) is 10.1. The van der Waals surface area contributed by atoms with Crippen LogP contribution in [0.5, 0.6) is 0 Å². The molecule has 1 atom stereocenters. The topological polar surface area (TPSA) is 78.4 Å². The largest absolute Gasteiger partial charge is 0.458 e. The van der Waals surface area contributed by atoms with Gasteiger partial charge in [-0.25, -0.2) is 19.6 Å². The molecule has 0 amide bonds. The molecule has 34 heavy (non-hydrogen) atoms. The molecule has 6 nitrogen and oxygen atoms in total. The average Bonchev–Trinajstić information content (AvgIpc) is 2.88. The van der Waals surface area contributed by atoms with Crippen molar-refractivity contribution < 1.29 is 19.1 Å². The highest BCUT2D eigenvalue weighted by molar-refractivity contribution is 7.99. The third kappa shape index (κ3) is 7.99. The number of thioether (sulfide) groups is 1. The van der Waals surface area contributed by atoms with E-state index in [1.54, 1.807) is 36.3 Å². The zero-order chi connectivity index (χ0) is 24.2.